The number of carboxylic acids is 1. The van der Waals surface area contributed by atoms with Crippen LogP contribution in [-0.2, 0) is 4.79 Å². The Morgan fingerprint density at radius 2 is 1.68 bits per heavy atom. The van der Waals surface area contributed by atoms with Crippen LogP contribution in [0.2, 0.25) is 0 Å². The highest BCUT2D eigenvalue weighted by molar-refractivity contribution is 5.76. The van der Waals surface area contributed by atoms with E-state index >= 15 is 0 Å². The van der Waals surface area contributed by atoms with Crippen molar-refractivity contribution in [1.29, 1.82) is 0 Å². The number of aliphatic carboxylic acids is 1. The van der Waals surface area contributed by atoms with Crippen molar-refractivity contribution in [3.8, 4) is 0 Å². The van der Waals surface area contributed by atoms with Gasteiger partial charge in [0.1, 0.15) is 0 Å². The molecule has 1 fully saturated rings. The summed E-state index contributed by atoms with van der Waals surface area (Å²) >= 11 is 0. The van der Waals surface area contributed by atoms with E-state index < -0.39 is 11.4 Å². The standard InChI is InChI=1S/C13H25N3O3/c1-13(11(17)18)5-7-16(8-6-13)12(19)15(4)10-9-14(2)3/h5-10H2,1-4H3,(H,17,18). The molecule has 2 amide bonds. The number of nitrogens with zero attached hydrogens (tertiary/aromatic N) is 3. The normalized spacial score (nSPS) is 18.5. The molecule has 6 nitrogen and oxygen atoms in total. The van der Waals surface area contributed by atoms with E-state index in [-0.39, 0.29) is 6.03 Å². The van der Waals surface area contributed by atoms with Crippen molar-refractivity contribution < 1.29 is 14.7 Å². The minimum atomic E-state index is -0.763. The van der Waals surface area contributed by atoms with Crippen molar-refractivity contribution in [1.82, 2.24) is 14.7 Å². The second-order valence-electron chi connectivity index (χ2n) is 5.86. The van der Waals surface area contributed by atoms with Gasteiger partial charge < -0.3 is 19.8 Å². The number of rotatable bonds is 4. The molecule has 0 saturated carbocycles. The largest absolute Gasteiger partial charge is 0.481 e. The van der Waals surface area contributed by atoms with Crippen LogP contribution in [0.5, 0.6) is 0 Å². The summed E-state index contributed by atoms with van der Waals surface area (Å²) in [7, 11) is 5.73. The van der Waals surface area contributed by atoms with Gasteiger partial charge in [-0.25, -0.2) is 4.79 Å². The Hall–Kier alpha value is -1.30. The second-order valence-corrected chi connectivity index (χ2v) is 5.86. The van der Waals surface area contributed by atoms with Crippen LogP contribution in [0.1, 0.15) is 19.8 Å². The average Bonchev–Trinajstić information content (AvgIpc) is 2.35. The Kier molecular flexibility index (Phi) is 5.17. The molecule has 0 aromatic heterocycles. The summed E-state index contributed by atoms with van der Waals surface area (Å²) in [6.45, 7) is 4.30. The lowest BCUT2D eigenvalue weighted by Gasteiger charge is -2.38. The Bertz CT molecular complexity index is 336. The number of amides is 2. The zero-order chi connectivity index (χ0) is 14.6. The topological polar surface area (TPSA) is 64.1 Å². The number of likely N-dealkylation sites (tertiary alicyclic amines) is 1. The van der Waals surface area contributed by atoms with Crippen LogP contribution in [0.15, 0.2) is 0 Å². The van der Waals surface area contributed by atoms with Gasteiger partial charge in [0.15, 0.2) is 0 Å². The van der Waals surface area contributed by atoms with Gasteiger partial charge in [0, 0.05) is 33.2 Å². The fraction of sp³-hybridized carbons (Fsp3) is 0.846. The molecule has 19 heavy (non-hydrogen) atoms. The van der Waals surface area contributed by atoms with E-state index in [4.69, 9.17) is 5.11 Å². The quantitative estimate of drug-likeness (QED) is 0.821. The molecule has 1 rings (SSSR count). The highest BCUT2D eigenvalue weighted by Crippen LogP contribution is 2.31. The predicted octanol–water partition coefficient (Wildman–Crippen LogP) is 0.787. The van der Waals surface area contributed by atoms with Crippen molar-refractivity contribution >= 4 is 12.0 Å². The third kappa shape index (κ3) is 4.09. The van der Waals surface area contributed by atoms with Crippen LogP contribution in [0.3, 0.4) is 0 Å². The number of carbonyl (C=O) groups is 2. The number of piperidine rings is 1. The number of hydrogen-bond donors (Lipinski definition) is 1. The highest BCUT2D eigenvalue weighted by Gasteiger charge is 2.38. The van der Waals surface area contributed by atoms with Gasteiger partial charge in [0.05, 0.1) is 5.41 Å². The molecule has 1 heterocycles. The van der Waals surface area contributed by atoms with E-state index in [9.17, 15) is 9.59 Å². The van der Waals surface area contributed by atoms with Crippen LogP contribution in [-0.4, -0.2) is 79.1 Å². The number of urea groups is 1. The van der Waals surface area contributed by atoms with E-state index in [0.717, 1.165) is 6.54 Å². The molecular weight excluding hydrogens is 246 g/mol. The first-order valence-electron chi connectivity index (χ1n) is 6.64. The van der Waals surface area contributed by atoms with E-state index in [2.05, 4.69) is 0 Å². The minimum Gasteiger partial charge on any atom is -0.481 e. The molecule has 110 valence electrons. The Balaban J connectivity index is 2.46. The molecule has 1 aliphatic rings. The number of hydrogen-bond acceptors (Lipinski definition) is 3. The van der Waals surface area contributed by atoms with Crippen molar-refractivity contribution in [2.45, 2.75) is 19.8 Å². The van der Waals surface area contributed by atoms with Crippen molar-refractivity contribution in [3.05, 3.63) is 0 Å². The third-order valence-corrected chi connectivity index (χ3v) is 3.86. The summed E-state index contributed by atoms with van der Waals surface area (Å²) < 4.78 is 0. The third-order valence-electron chi connectivity index (χ3n) is 3.86. The van der Waals surface area contributed by atoms with Gasteiger partial charge in [-0.1, -0.05) is 0 Å². The lowest BCUT2D eigenvalue weighted by atomic mass is 9.80. The molecular formula is C13H25N3O3. The molecule has 1 N–H and O–H groups in total. The van der Waals surface area contributed by atoms with Crippen molar-refractivity contribution in [2.24, 2.45) is 5.41 Å². The van der Waals surface area contributed by atoms with Gasteiger partial charge in [-0.3, -0.25) is 4.79 Å². The zero-order valence-electron chi connectivity index (χ0n) is 12.3. The van der Waals surface area contributed by atoms with Gasteiger partial charge in [-0.05, 0) is 33.9 Å². The Morgan fingerprint density at radius 1 is 1.16 bits per heavy atom. The summed E-state index contributed by atoms with van der Waals surface area (Å²) in [4.78, 5) is 28.8. The first-order chi connectivity index (χ1) is 8.76. The summed E-state index contributed by atoms with van der Waals surface area (Å²) in [6, 6.07) is -0.00529. The van der Waals surface area contributed by atoms with Crippen molar-refractivity contribution in [3.63, 3.8) is 0 Å². The molecule has 0 aromatic carbocycles. The van der Waals surface area contributed by atoms with Crippen LogP contribution < -0.4 is 0 Å². The monoisotopic (exact) mass is 271 g/mol. The van der Waals surface area contributed by atoms with E-state index in [0.29, 0.717) is 32.5 Å². The SMILES string of the molecule is CN(C)CCN(C)C(=O)N1CCC(C)(C(=O)O)CC1. The lowest BCUT2D eigenvalue weighted by Crippen LogP contribution is -2.50. The molecule has 0 atom stereocenters. The number of likely N-dealkylation sites (N-methyl/N-ethyl adjacent to an activating group) is 2. The average molecular weight is 271 g/mol. The maximum Gasteiger partial charge on any atom is 0.319 e. The maximum absolute atomic E-state index is 12.2. The van der Waals surface area contributed by atoms with Gasteiger partial charge in [-0.2, -0.15) is 0 Å². The highest BCUT2D eigenvalue weighted by atomic mass is 16.4. The first kappa shape index (κ1) is 15.8. The van der Waals surface area contributed by atoms with Gasteiger partial charge in [0.25, 0.3) is 0 Å². The molecule has 0 aliphatic carbocycles. The van der Waals surface area contributed by atoms with E-state index in [1.54, 1.807) is 23.8 Å². The second kappa shape index (κ2) is 6.23. The molecule has 1 saturated heterocycles. The fourth-order valence-corrected chi connectivity index (χ4v) is 2.09. The summed E-state index contributed by atoms with van der Waals surface area (Å²) in [5, 5.41) is 9.16. The fourth-order valence-electron chi connectivity index (χ4n) is 2.09. The molecule has 0 radical (unpaired) electrons. The molecule has 0 aromatic rings. The molecule has 1 aliphatic heterocycles. The van der Waals surface area contributed by atoms with Gasteiger partial charge in [-0.15, -0.1) is 0 Å². The Labute approximate surface area is 115 Å². The van der Waals surface area contributed by atoms with E-state index in [1.165, 1.54) is 0 Å². The van der Waals surface area contributed by atoms with Crippen LogP contribution >= 0.6 is 0 Å². The lowest BCUT2D eigenvalue weighted by molar-refractivity contribution is -0.150. The van der Waals surface area contributed by atoms with Crippen molar-refractivity contribution in [2.75, 3.05) is 47.3 Å². The predicted molar refractivity (Wildman–Crippen MR) is 73.1 cm³/mol. The van der Waals surface area contributed by atoms with Crippen LogP contribution in [0, 0.1) is 5.41 Å². The number of carboxylic acid groups (broad SMARTS) is 1. The van der Waals surface area contributed by atoms with Gasteiger partial charge in [0.2, 0.25) is 0 Å². The van der Waals surface area contributed by atoms with Gasteiger partial charge >= 0.3 is 12.0 Å². The smallest absolute Gasteiger partial charge is 0.319 e. The molecule has 0 bridgehead atoms. The minimum absolute atomic E-state index is 0.00529. The first-order valence-corrected chi connectivity index (χ1v) is 6.64. The molecule has 6 heteroatoms. The Morgan fingerprint density at radius 3 is 2.11 bits per heavy atom. The zero-order valence-corrected chi connectivity index (χ0v) is 12.3. The van der Waals surface area contributed by atoms with Crippen LogP contribution in [0.4, 0.5) is 4.79 Å². The molecule has 0 spiro atoms. The van der Waals surface area contributed by atoms with Crippen LogP contribution in [0.25, 0.3) is 0 Å². The summed E-state index contributed by atoms with van der Waals surface area (Å²) in [5.74, 6) is -0.763. The molecule has 0 unspecified atom stereocenters. The maximum atomic E-state index is 12.2. The summed E-state index contributed by atoms with van der Waals surface area (Å²) in [6.07, 6.45) is 1.05. The summed E-state index contributed by atoms with van der Waals surface area (Å²) in [5.41, 5.74) is -0.682. The number of carbonyl (C=O) groups excluding carboxylic acids is 1. The van der Waals surface area contributed by atoms with E-state index in [1.807, 2.05) is 19.0 Å².